The molecular formula is C18H26O4S. The van der Waals surface area contributed by atoms with Gasteiger partial charge < -0.3 is 18.9 Å². The predicted molar refractivity (Wildman–Crippen MR) is 88.2 cm³/mol. The molecule has 23 heavy (non-hydrogen) atoms. The van der Waals surface area contributed by atoms with Crippen molar-refractivity contribution in [3.8, 4) is 0 Å². The van der Waals surface area contributed by atoms with Crippen LogP contribution in [0.25, 0.3) is 0 Å². The summed E-state index contributed by atoms with van der Waals surface area (Å²) in [6.45, 7) is 2.80. The van der Waals surface area contributed by atoms with E-state index in [0.717, 1.165) is 25.7 Å². The highest BCUT2D eigenvalue weighted by Crippen LogP contribution is 2.46. The average molecular weight is 338 g/mol. The molecule has 0 amide bonds. The Morgan fingerprint density at radius 1 is 1.26 bits per heavy atom. The molecule has 128 valence electrons. The van der Waals surface area contributed by atoms with Crippen LogP contribution in [0, 0.1) is 0 Å². The van der Waals surface area contributed by atoms with E-state index in [2.05, 4.69) is 23.8 Å². The molecular weight excluding hydrogens is 312 g/mol. The molecule has 0 aromatic carbocycles. The van der Waals surface area contributed by atoms with Crippen molar-refractivity contribution >= 4 is 11.3 Å². The summed E-state index contributed by atoms with van der Waals surface area (Å²) in [6, 6.07) is 2.11. The van der Waals surface area contributed by atoms with Crippen LogP contribution in [0.1, 0.15) is 57.4 Å². The van der Waals surface area contributed by atoms with E-state index in [9.17, 15) is 0 Å². The molecule has 3 aliphatic rings. The topological polar surface area (TPSA) is 36.9 Å². The van der Waals surface area contributed by atoms with Gasteiger partial charge in [-0.1, -0.05) is 19.8 Å². The van der Waals surface area contributed by atoms with Crippen molar-refractivity contribution in [1.82, 2.24) is 0 Å². The molecule has 4 atom stereocenters. The highest BCUT2D eigenvalue weighted by atomic mass is 32.1. The number of ether oxygens (including phenoxy) is 4. The minimum atomic E-state index is -0.408. The molecule has 2 saturated heterocycles. The molecule has 0 N–H and O–H groups in total. The molecule has 5 heteroatoms. The quantitative estimate of drug-likeness (QED) is 0.805. The maximum Gasteiger partial charge on any atom is 0.190 e. The van der Waals surface area contributed by atoms with Crippen LogP contribution >= 0.6 is 11.3 Å². The molecule has 3 heterocycles. The summed E-state index contributed by atoms with van der Waals surface area (Å²) in [5.41, 5.74) is 1.22. The van der Waals surface area contributed by atoms with Crippen LogP contribution in [0.3, 0.4) is 0 Å². The molecule has 0 radical (unpaired) electrons. The van der Waals surface area contributed by atoms with Gasteiger partial charge in [-0.3, -0.25) is 0 Å². The zero-order valence-corrected chi connectivity index (χ0v) is 14.6. The van der Waals surface area contributed by atoms with Crippen LogP contribution in [0.4, 0.5) is 0 Å². The molecule has 4 nitrogen and oxygen atoms in total. The number of hydrogen-bond acceptors (Lipinski definition) is 5. The summed E-state index contributed by atoms with van der Waals surface area (Å²) in [4.78, 5) is 0. The average Bonchev–Trinajstić information content (AvgIpc) is 3.23. The van der Waals surface area contributed by atoms with Crippen molar-refractivity contribution in [1.29, 1.82) is 0 Å². The van der Waals surface area contributed by atoms with Crippen LogP contribution in [0.5, 0.6) is 0 Å². The van der Waals surface area contributed by atoms with Gasteiger partial charge >= 0.3 is 0 Å². The Bertz CT molecular complexity index is 497. The summed E-state index contributed by atoms with van der Waals surface area (Å²) in [7, 11) is 0. The summed E-state index contributed by atoms with van der Waals surface area (Å²) in [5, 5.41) is 4.22. The van der Waals surface area contributed by atoms with Crippen molar-refractivity contribution in [3.63, 3.8) is 0 Å². The monoisotopic (exact) mass is 338 g/mol. The summed E-state index contributed by atoms with van der Waals surface area (Å²) >= 11 is 1.70. The lowest BCUT2D eigenvalue weighted by atomic mass is 9.94. The highest BCUT2D eigenvalue weighted by molar-refractivity contribution is 7.07. The van der Waals surface area contributed by atoms with Gasteiger partial charge in [-0.15, -0.1) is 0 Å². The van der Waals surface area contributed by atoms with Crippen molar-refractivity contribution < 1.29 is 18.9 Å². The molecule has 4 rings (SSSR count). The highest BCUT2D eigenvalue weighted by Gasteiger charge is 2.57. The van der Waals surface area contributed by atoms with E-state index in [4.69, 9.17) is 18.9 Å². The molecule has 1 saturated carbocycles. The SMILES string of the molecule is CCC[C@H]1O[C@@H]2OC3(CCCCC3)O[C@@H]2[C@H]1OCc1ccsc1. The van der Waals surface area contributed by atoms with Crippen molar-refractivity contribution in [2.75, 3.05) is 0 Å². The van der Waals surface area contributed by atoms with E-state index >= 15 is 0 Å². The number of fused-ring (bicyclic) bond motifs is 1. The van der Waals surface area contributed by atoms with Gasteiger partial charge in [0.15, 0.2) is 12.1 Å². The van der Waals surface area contributed by atoms with E-state index in [1.807, 2.05) is 0 Å². The largest absolute Gasteiger partial charge is 0.368 e. The Morgan fingerprint density at radius 3 is 2.87 bits per heavy atom. The van der Waals surface area contributed by atoms with E-state index in [1.54, 1.807) is 11.3 Å². The second-order valence-corrected chi connectivity index (χ2v) is 7.69. The van der Waals surface area contributed by atoms with E-state index in [1.165, 1.54) is 24.8 Å². The Hall–Kier alpha value is -0.460. The number of rotatable bonds is 5. The Kier molecular flexibility index (Phi) is 4.74. The smallest absolute Gasteiger partial charge is 0.190 e. The van der Waals surface area contributed by atoms with Crippen molar-refractivity contribution in [3.05, 3.63) is 22.4 Å². The molecule has 1 aromatic rings. The van der Waals surface area contributed by atoms with Gasteiger partial charge in [0.1, 0.15) is 12.2 Å². The standard InChI is InChI=1S/C18H26O4S/c1-2-6-14-15(19-11-13-7-10-23-12-13)16-17(20-14)22-18(21-16)8-4-3-5-9-18/h7,10,12,14-17H,2-6,8-9,11H2,1H3/t14-,15+,16-,17-/m1/s1. The fraction of sp³-hybridized carbons (Fsp3) is 0.778. The first-order valence-electron chi connectivity index (χ1n) is 8.93. The predicted octanol–water partition coefficient (Wildman–Crippen LogP) is 4.23. The van der Waals surface area contributed by atoms with Crippen LogP contribution in [0.15, 0.2) is 16.8 Å². The molecule has 3 fully saturated rings. The minimum absolute atomic E-state index is 0.0267. The lowest BCUT2D eigenvalue weighted by Gasteiger charge is -2.34. The third-order valence-electron chi connectivity index (χ3n) is 5.16. The van der Waals surface area contributed by atoms with E-state index in [0.29, 0.717) is 6.61 Å². The minimum Gasteiger partial charge on any atom is -0.368 e. The van der Waals surface area contributed by atoms with Gasteiger partial charge in [-0.05, 0) is 41.7 Å². The van der Waals surface area contributed by atoms with Gasteiger partial charge in [-0.25, -0.2) is 0 Å². The van der Waals surface area contributed by atoms with Crippen molar-refractivity contribution in [2.45, 2.75) is 88.9 Å². The summed E-state index contributed by atoms with van der Waals surface area (Å²) in [5.74, 6) is -0.408. The van der Waals surface area contributed by atoms with Crippen LogP contribution < -0.4 is 0 Å². The van der Waals surface area contributed by atoms with E-state index < -0.39 is 5.79 Å². The van der Waals surface area contributed by atoms with Crippen LogP contribution in [-0.4, -0.2) is 30.4 Å². The normalized spacial score (nSPS) is 35.7. The van der Waals surface area contributed by atoms with Crippen LogP contribution in [-0.2, 0) is 25.6 Å². The number of thiophene rings is 1. The summed E-state index contributed by atoms with van der Waals surface area (Å²) in [6.07, 6.45) is 7.39. The molecule has 1 spiro atoms. The van der Waals surface area contributed by atoms with Crippen molar-refractivity contribution in [2.24, 2.45) is 0 Å². The van der Waals surface area contributed by atoms with Gasteiger partial charge in [0.2, 0.25) is 0 Å². The Balaban J connectivity index is 1.45. The van der Waals surface area contributed by atoms with Gasteiger partial charge in [0.25, 0.3) is 0 Å². The third-order valence-corrected chi connectivity index (χ3v) is 5.89. The Labute approximate surface area is 142 Å². The fourth-order valence-electron chi connectivity index (χ4n) is 4.01. The van der Waals surface area contributed by atoms with Gasteiger partial charge in [0, 0.05) is 12.8 Å². The maximum atomic E-state index is 6.40. The lowest BCUT2D eigenvalue weighted by molar-refractivity contribution is -0.249. The zero-order chi connectivity index (χ0) is 15.7. The maximum absolute atomic E-state index is 6.40. The fourth-order valence-corrected chi connectivity index (χ4v) is 4.66. The second kappa shape index (κ2) is 6.81. The van der Waals surface area contributed by atoms with E-state index in [-0.39, 0.29) is 24.6 Å². The molecule has 1 aliphatic carbocycles. The zero-order valence-electron chi connectivity index (χ0n) is 13.7. The third kappa shape index (κ3) is 3.22. The molecule has 0 bridgehead atoms. The summed E-state index contributed by atoms with van der Waals surface area (Å²) < 4.78 is 25.0. The molecule has 1 aromatic heterocycles. The van der Waals surface area contributed by atoms with Gasteiger partial charge in [0.05, 0.1) is 12.7 Å². The first-order chi connectivity index (χ1) is 11.3. The molecule has 0 unspecified atom stereocenters. The number of hydrogen-bond donors (Lipinski definition) is 0. The van der Waals surface area contributed by atoms with Crippen LogP contribution in [0.2, 0.25) is 0 Å². The first kappa shape index (κ1) is 16.0. The Morgan fingerprint density at radius 2 is 2.13 bits per heavy atom. The first-order valence-corrected chi connectivity index (χ1v) is 9.88. The second-order valence-electron chi connectivity index (χ2n) is 6.91. The van der Waals surface area contributed by atoms with Gasteiger partial charge in [-0.2, -0.15) is 11.3 Å². The molecule has 2 aliphatic heterocycles. The lowest BCUT2D eigenvalue weighted by Crippen LogP contribution is -2.39.